The molecule has 30 heavy (non-hydrogen) atoms. The molecule has 3 aromatic rings. The third-order valence-corrected chi connectivity index (χ3v) is 5.89. The van der Waals surface area contributed by atoms with Crippen LogP contribution in [0.3, 0.4) is 0 Å². The highest BCUT2D eigenvalue weighted by atomic mass is 32.2. The van der Waals surface area contributed by atoms with E-state index in [9.17, 15) is 4.79 Å². The average Bonchev–Trinajstić information content (AvgIpc) is 3.16. The molecule has 0 saturated carbocycles. The van der Waals surface area contributed by atoms with E-state index < -0.39 is 0 Å². The van der Waals surface area contributed by atoms with Crippen LogP contribution in [0, 0.1) is 12.8 Å². The maximum atomic E-state index is 12.4. The molecule has 0 spiro atoms. The van der Waals surface area contributed by atoms with Crippen LogP contribution in [0.1, 0.15) is 24.3 Å². The summed E-state index contributed by atoms with van der Waals surface area (Å²) in [5.74, 6) is 1.98. The summed E-state index contributed by atoms with van der Waals surface area (Å²) in [5.41, 5.74) is 1.72. The van der Waals surface area contributed by atoms with Crippen LogP contribution >= 0.6 is 23.1 Å². The second-order valence-corrected chi connectivity index (χ2v) is 9.41. The lowest BCUT2D eigenvalue weighted by molar-refractivity contribution is 0.260. The Kier molecular flexibility index (Phi) is 8.10. The van der Waals surface area contributed by atoms with E-state index in [0.717, 1.165) is 27.6 Å². The molecule has 0 unspecified atom stereocenters. The first kappa shape index (κ1) is 22.1. The molecular formula is C22H26N4O2S2. The normalized spacial score (nSPS) is 10.8. The van der Waals surface area contributed by atoms with Gasteiger partial charge in [-0.1, -0.05) is 26.0 Å². The number of aromatic nitrogens is 2. The van der Waals surface area contributed by atoms with Gasteiger partial charge in [-0.15, -0.1) is 23.1 Å². The highest BCUT2D eigenvalue weighted by Crippen LogP contribution is 2.27. The molecule has 2 amide bonds. The lowest BCUT2D eigenvalue weighted by atomic mass is 10.2. The lowest BCUT2D eigenvalue weighted by Crippen LogP contribution is -2.20. The van der Waals surface area contributed by atoms with Gasteiger partial charge in [0.2, 0.25) is 0 Å². The Morgan fingerprint density at radius 3 is 2.83 bits per heavy atom. The molecule has 0 aliphatic heterocycles. The second-order valence-electron chi connectivity index (χ2n) is 7.18. The van der Waals surface area contributed by atoms with Crippen LogP contribution in [-0.2, 0) is 6.42 Å². The van der Waals surface area contributed by atoms with Crippen LogP contribution in [0.4, 0.5) is 15.6 Å². The van der Waals surface area contributed by atoms with Crippen molar-refractivity contribution in [3.8, 4) is 5.75 Å². The van der Waals surface area contributed by atoms with Crippen LogP contribution in [0.2, 0.25) is 0 Å². The van der Waals surface area contributed by atoms with Crippen LogP contribution in [0.15, 0.2) is 53.8 Å². The van der Waals surface area contributed by atoms with Gasteiger partial charge < -0.3 is 10.1 Å². The van der Waals surface area contributed by atoms with Crippen LogP contribution in [-0.4, -0.2) is 28.4 Å². The van der Waals surface area contributed by atoms with E-state index >= 15 is 0 Å². The maximum absolute atomic E-state index is 12.4. The largest absolute Gasteiger partial charge is 0.491 e. The van der Waals surface area contributed by atoms with Gasteiger partial charge in [-0.05, 0) is 49.1 Å². The fourth-order valence-corrected chi connectivity index (χ4v) is 4.31. The van der Waals surface area contributed by atoms with Crippen molar-refractivity contribution in [2.75, 3.05) is 23.0 Å². The topological polar surface area (TPSA) is 76.1 Å². The minimum atomic E-state index is -0.336. The fourth-order valence-electron chi connectivity index (χ4n) is 2.53. The third kappa shape index (κ3) is 7.03. The van der Waals surface area contributed by atoms with Crippen molar-refractivity contribution in [3.63, 3.8) is 0 Å². The molecule has 3 rings (SSSR count). The van der Waals surface area contributed by atoms with Gasteiger partial charge >= 0.3 is 6.03 Å². The Labute approximate surface area is 185 Å². The van der Waals surface area contributed by atoms with E-state index in [2.05, 4.69) is 34.4 Å². The zero-order valence-corrected chi connectivity index (χ0v) is 19.0. The quantitative estimate of drug-likeness (QED) is 0.406. The van der Waals surface area contributed by atoms with Crippen molar-refractivity contribution >= 4 is 39.9 Å². The van der Waals surface area contributed by atoms with Crippen molar-refractivity contribution in [1.29, 1.82) is 0 Å². The smallest absolute Gasteiger partial charge is 0.325 e. The van der Waals surface area contributed by atoms with Gasteiger partial charge in [0.15, 0.2) is 5.13 Å². The van der Waals surface area contributed by atoms with Crippen LogP contribution in [0.5, 0.6) is 5.75 Å². The predicted octanol–water partition coefficient (Wildman–Crippen LogP) is 5.86. The zero-order chi connectivity index (χ0) is 21.3. The number of anilines is 2. The van der Waals surface area contributed by atoms with E-state index in [-0.39, 0.29) is 6.03 Å². The van der Waals surface area contributed by atoms with Gasteiger partial charge in [-0.25, -0.2) is 14.8 Å². The number of hydrogen-bond donors (Lipinski definition) is 2. The molecule has 0 fully saturated rings. The molecule has 0 aliphatic carbocycles. The van der Waals surface area contributed by atoms with Crippen molar-refractivity contribution in [1.82, 2.24) is 9.97 Å². The van der Waals surface area contributed by atoms with Gasteiger partial charge in [-0.2, -0.15) is 0 Å². The Balaban J connectivity index is 1.52. The van der Waals surface area contributed by atoms with Gasteiger partial charge in [0.25, 0.3) is 0 Å². The molecule has 2 N–H and O–H groups in total. The molecule has 6 nitrogen and oxygen atoms in total. The molecule has 0 saturated heterocycles. The number of thioether (sulfide) groups is 1. The number of nitrogens with one attached hydrogen (secondary N) is 2. The van der Waals surface area contributed by atoms with Crippen LogP contribution < -0.4 is 15.4 Å². The Morgan fingerprint density at radius 2 is 2.07 bits per heavy atom. The van der Waals surface area contributed by atoms with Gasteiger partial charge in [0.05, 0.1) is 17.3 Å². The summed E-state index contributed by atoms with van der Waals surface area (Å²) in [6.45, 7) is 6.76. The van der Waals surface area contributed by atoms with Crippen molar-refractivity contribution < 1.29 is 9.53 Å². The molecule has 1 aromatic carbocycles. The molecule has 158 valence electrons. The number of rotatable bonds is 9. The molecule has 8 heteroatoms. The molecule has 0 bridgehead atoms. The number of ether oxygens (including phenoxy) is 1. The van der Waals surface area contributed by atoms with E-state index in [1.165, 1.54) is 11.3 Å². The Hall–Kier alpha value is -2.58. The fraction of sp³-hybridized carbons (Fsp3) is 0.318. The first-order chi connectivity index (χ1) is 14.5. The SMILES string of the molecule is Cc1ccc(NC(=O)Nc2ncc(CCSc3ccccn3)s2)c(OCC(C)C)c1. The molecule has 0 radical (unpaired) electrons. The van der Waals surface area contributed by atoms with Gasteiger partial charge in [-0.3, -0.25) is 5.32 Å². The van der Waals surface area contributed by atoms with Crippen molar-refractivity contribution in [2.24, 2.45) is 5.92 Å². The highest BCUT2D eigenvalue weighted by Gasteiger charge is 2.11. The van der Waals surface area contributed by atoms with E-state index in [1.54, 1.807) is 18.0 Å². The summed E-state index contributed by atoms with van der Waals surface area (Å²) >= 11 is 3.18. The number of amides is 2. The number of carbonyl (C=O) groups is 1. The number of hydrogen-bond acceptors (Lipinski definition) is 6. The third-order valence-electron chi connectivity index (χ3n) is 3.97. The molecule has 2 aromatic heterocycles. The van der Waals surface area contributed by atoms with Gasteiger partial charge in [0, 0.05) is 23.0 Å². The minimum absolute atomic E-state index is 0.336. The minimum Gasteiger partial charge on any atom is -0.491 e. The number of thiazole rings is 1. The highest BCUT2D eigenvalue weighted by molar-refractivity contribution is 7.99. The first-order valence-corrected chi connectivity index (χ1v) is 11.6. The molecule has 0 atom stereocenters. The number of aryl methyl sites for hydroxylation is 2. The number of pyridine rings is 1. The summed E-state index contributed by atoms with van der Waals surface area (Å²) < 4.78 is 5.85. The van der Waals surface area contributed by atoms with Crippen molar-refractivity contribution in [3.05, 3.63) is 59.2 Å². The summed E-state index contributed by atoms with van der Waals surface area (Å²) in [6, 6.07) is 11.3. The lowest BCUT2D eigenvalue weighted by Gasteiger charge is -2.14. The maximum Gasteiger partial charge on any atom is 0.325 e. The standard InChI is InChI=1S/C22H26N4O2S2/c1-15(2)14-28-19-12-16(3)7-8-18(19)25-21(27)26-22-24-13-17(30-22)9-11-29-20-6-4-5-10-23-20/h4-8,10,12-13,15H,9,11,14H2,1-3H3,(H2,24,25,26,27). The van der Waals surface area contributed by atoms with E-state index in [4.69, 9.17) is 4.74 Å². The molecule has 0 aliphatic rings. The zero-order valence-electron chi connectivity index (χ0n) is 17.3. The monoisotopic (exact) mass is 442 g/mol. The number of urea groups is 1. The Morgan fingerprint density at radius 1 is 1.20 bits per heavy atom. The average molecular weight is 443 g/mol. The summed E-state index contributed by atoms with van der Waals surface area (Å²) in [5, 5.41) is 7.25. The van der Waals surface area contributed by atoms with Crippen LogP contribution in [0.25, 0.3) is 0 Å². The summed E-state index contributed by atoms with van der Waals surface area (Å²) in [7, 11) is 0. The summed E-state index contributed by atoms with van der Waals surface area (Å²) in [4.78, 5) is 22.2. The van der Waals surface area contributed by atoms with E-state index in [0.29, 0.717) is 29.1 Å². The van der Waals surface area contributed by atoms with E-state index in [1.807, 2.05) is 49.5 Å². The summed E-state index contributed by atoms with van der Waals surface area (Å²) in [6.07, 6.45) is 4.47. The number of nitrogens with zero attached hydrogens (tertiary/aromatic N) is 2. The van der Waals surface area contributed by atoms with Gasteiger partial charge in [0.1, 0.15) is 5.75 Å². The second kappa shape index (κ2) is 11.0. The molecular weight excluding hydrogens is 416 g/mol. The Bertz CT molecular complexity index is 961. The predicted molar refractivity (Wildman–Crippen MR) is 125 cm³/mol. The number of carbonyl (C=O) groups excluding carboxylic acids is 1. The van der Waals surface area contributed by atoms with Crippen molar-refractivity contribution in [2.45, 2.75) is 32.2 Å². The molecule has 2 heterocycles. The first-order valence-electron chi connectivity index (χ1n) is 9.79. The number of benzene rings is 1.